The van der Waals surface area contributed by atoms with Gasteiger partial charge >= 0.3 is 0 Å². The van der Waals surface area contributed by atoms with Crippen molar-refractivity contribution >= 4 is 82.9 Å². The maximum atomic E-state index is 12.5. The zero-order valence-corrected chi connectivity index (χ0v) is 23.0. The van der Waals surface area contributed by atoms with Crippen molar-refractivity contribution in [3.8, 4) is 5.75 Å². The van der Waals surface area contributed by atoms with E-state index in [0.717, 1.165) is 21.0 Å². The van der Waals surface area contributed by atoms with Crippen molar-refractivity contribution in [2.45, 2.75) is 6.61 Å². The number of fused-ring (bicyclic) bond motifs is 1. The number of carbonyl (C=O) groups excluding carboxylic acids is 1. The molecule has 0 bridgehead atoms. The summed E-state index contributed by atoms with van der Waals surface area (Å²) in [6.07, 6.45) is 1.77. The summed E-state index contributed by atoms with van der Waals surface area (Å²) >= 11 is 8.07. The molecule has 184 valence electrons. The Morgan fingerprint density at radius 3 is 2.59 bits per heavy atom. The van der Waals surface area contributed by atoms with Crippen molar-refractivity contribution in [3.63, 3.8) is 0 Å². The molecule has 0 atom stereocenters. The molecule has 0 spiro atoms. The molecule has 7 nitrogen and oxygen atoms in total. The van der Waals surface area contributed by atoms with E-state index >= 15 is 0 Å². The predicted octanol–water partition coefficient (Wildman–Crippen LogP) is 7.74. The van der Waals surface area contributed by atoms with Crippen LogP contribution in [0.25, 0.3) is 16.8 Å². The summed E-state index contributed by atoms with van der Waals surface area (Å²) < 4.78 is 7.31. The summed E-state index contributed by atoms with van der Waals surface area (Å²) in [5, 5.41) is 16.4. The number of nitrogens with zero attached hydrogens (tertiary/aromatic N) is 2. The Balaban J connectivity index is 1.30. The highest BCUT2D eigenvalue weighted by Gasteiger charge is 2.24. The molecule has 1 fully saturated rings. The third-order valence-corrected chi connectivity index (χ3v) is 7.70. The first-order valence-electron chi connectivity index (χ1n) is 11.0. The van der Waals surface area contributed by atoms with Gasteiger partial charge in [0.1, 0.15) is 12.4 Å². The third kappa shape index (κ3) is 5.76. The molecule has 10 heteroatoms. The molecule has 1 amide bonds. The zero-order chi connectivity index (χ0) is 25.9. The van der Waals surface area contributed by atoms with Crippen LogP contribution >= 0.6 is 43.6 Å². The third-order valence-electron chi connectivity index (χ3n) is 5.53. The number of nitrogens with one attached hydrogen (secondary N) is 1. The molecule has 4 aromatic carbocycles. The van der Waals surface area contributed by atoms with E-state index in [1.54, 1.807) is 6.08 Å². The van der Waals surface area contributed by atoms with Crippen molar-refractivity contribution in [3.05, 3.63) is 114 Å². The SMILES string of the molecule is O=C1NC(=Nc2ccc([N+](=O)[O-])cc2Br)S/C1=C/c1ccc(OCc2cccc3ccccc23)c(Br)c1. The van der Waals surface area contributed by atoms with Gasteiger partial charge in [-0.15, -0.1) is 0 Å². The van der Waals surface area contributed by atoms with Gasteiger partial charge in [-0.05, 0) is 89.8 Å². The molecule has 0 unspecified atom stereocenters. The smallest absolute Gasteiger partial charge is 0.270 e. The highest BCUT2D eigenvalue weighted by molar-refractivity contribution is 9.11. The van der Waals surface area contributed by atoms with Gasteiger partial charge in [0.25, 0.3) is 11.6 Å². The number of hydrogen-bond donors (Lipinski definition) is 1. The Kier molecular flexibility index (Phi) is 7.40. The van der Waals surface area contributed by atoms with Gasteiger partial charge in [-0.1, -0.05) is 48.5 Å². The number of thioether (sulfide) groups is 1. The largest absolute Gasteiger partial charge is 0.488 e. The Bertz CT molecular complexity index is 1620. The summed E-state index contributed by atoms with van der Waals surface area (Å²) in [6, 6.07) is 24.2. The number of halogens is 2. The first-order chi connectivity index (χ1) is 17.9. The number of carbonyl (C=O) groups is 1. The van der Waals surface area contributed by atoms with Crippen molar-refractivity contribution in [1.29, 1.82) is 0 Å². The maximum Gasteiger partial charge on any atom is 0.270 e. The standard InChI is InChI=1S/C27H17Br2N3O4S/c28-21-14-19(32(34)35)9-10-23(21)30-27-31-26(33)25(37-27)13-16-8-11-24(22(29)12-16)36-15-18-6-3-5-17-4-1-2-7-20(17)18/h1-14H,15H2,(H,30,31,33)/b25-13+. The number of amides is 1. The minimum atomic E-state index is -0.479. The first kappa shape index (κ1) is 25.2. The Morgan fingerprint density at radius 1 is 1.00 bits per heavy atom. The number of ether oxygens (including phenoxy) is 1. The number of amidine groups is 1. The number of hydrogen-bond acceptors (Lipinski definition) is 6. The number of rotatable bonds is 6. The van der Waals surface area contributed by atoms with Crippen molar-refractivity contribution in [2.24, 2.45) is 4.99 Å². The summed E-state index contributed by atoms with van der Waals surface area (Å²) in [4.78, 5) is 27.9. The van der Waals surface area contributed by atoms with Gasteiger partial charge in [-0.2, -0.15) is 0 Å². The fraction of sp³-hybridized carbons (Fsp3) is 0.0370. The van der Waals surface area contributed by atoms with E-state index in [1.807, 2.05) is 36.4 Å². The lowest BCUT2D eigenvalue weighted by molar-refractivity contribution is -0.384. The van der Waals surface area contributed by atoms with Crippen LogP contribution in [0, 0.1) is 10.1 Å². The topological polar surface area (TPSA) is 93.8 Å². The number of non-ortho nitro benzene ring substituents is 1. The average Bonchev–Trinajstić information content (AvgIpc) is 3.22. The van der Waals surface area contributed by atoms with Gasteiger partial charge in [-0.25, -0.2) is 4.99 Å². The van der Waals surface area contributed by atoms with E-state index in [0.29, 0.717) is 32.6 Å². The molecule has 4 aromatic rings. The molecular weight excluding hydrogens is 622 g/mol. The van der Waals surface area contributed by atoms with Gasteiger partial charge < -0.3 is 10.1 Å². The lowest BCUT2D eigenvalue weighted by Gasteiger charge is -2.11. The second-order valence-corrected chi connectivity index (χ2v) is 10.7. The highest BCUT2D eigenvalue weighted by Crippen LogP contribution is 2.34. The molecular formula is C27H17Br2N3O4S. The van der Waals surface area contributed by atoms with E-state index in [9.17, 15) is 14.9 Å². The van der Waals surface area contributed by atoms with E-state index in [1.165, 1.54) is 35.3 Å². The van der Waals surface area contributed by atoms with Crippen LogP contribution in [-0.4, -0.2) is 16.0 Å². The fourth-order valence-corrected chi connectivity index (χ4v) is 5.54. The van der Waals surface area contributed by atoms with Crippen LogP contribution in [-0.2, 0) is 11.4 Å². The Hall–Kier alpha value is -3.47. The molecule has 5 rings (SSSR count). The molecule has 1 heterocycles. The van der Waals surface area contributed by atoms with Crippen LogP contribution < -0.4 is 10.1 Å². The van der Waals surface area contributed by atoms with Crippen molar-refractivity contribution in [2.75, 3.05) is 0 Å². The molecule has 0 aromatic heterocycles. The molecule has 1 N–H and O–H groups in total. The van der Waals surface area contributed by atoms with E-state index in [-0.39, 0.29) is 11.6 Å². The Labute approximate surface area is 233 Å². The summed E-state index contributed by atoms with van der Waals surface area (Å²) in [7, 11) is 0. The van der Waals surface area contributed by atoms with Gasteiger partial charge in [-0.3, -0.25) is 14.9 Å². The van der Waals surface area contributed by atoms with Crippen molar-refractivity contribution in [1.82, 2.24) is 5.32 Å². The number of nitro groups is 1. The monoisotopic (exact) mass is 637 g/mol. The fourth-order valence-electron chi connectivity index (χ4n) is 3.74. The highest BCUT2D eigenvalue weighted by atomic mass is 79.9. The minimum absolute atomic E-state index is 0.0466. The lowest BCUT2D eigenvalue weighted by Crippen LogP contribution is -2.19. The normalized spacial score (nSPS) is 15.4. The van der Waals surface area contributed by atoms with Crippen LogP contribution in [0.2, 0.25) is 0 Å². The summed E-state index contributed by atoms with van der Waals surface area (Å²) in [5.41, 5.74) is 2.35. The van der Waals surface area contributed by atoms with Gasteiger partial charge in [0.05, 0.1) is 24.5 Å². The van der Waals surface area contributed by atoms with Gasteiger partial charge in [0, 0.05) is 12.1 Å². The van der Waals surface area contributed by atoms with Crippen molar-refractivity contribution < 1.29 is 14.5 Å². The molecule has 0 aliphatic carbocycles. The first-order valence-corrected chi connectivity index (χ1v) is 13.4. The van der Waals surface area contributed by atoms with Gasteiger partial charge in [0.2, 0.25) is 0 Å². The molecule has 1 saturated heterocycles. The van der Waals surface area contributed by atoms with E-state index in [4.69, 9.17) is 4.74 Å². The second kappa shape index (κ2) is 10.9. The molecule has 1 aliphatic heterocycles. The lowest BCUT2D eigenvalue weighted by atomic mass is 10.1. The second-order valence-electron chi connectivity index (χ2n) is 7.99. The van der Waals surface area contributed by atoms with Crippen LogP contribution in [0.15, 0.2) is 97.7 Å². The minimum Gasteiger partial charge on any atom is -0.488 e. The van der Waals surface area contributed by atoms with E-state index in [2.05, 4.69) is 66.4 Å². The summed E-state index contributed by atoms with van der Waals surface area (Å²) in [6.45, 7) is 0.427. The van der Waals surface area contributed by atoms with Gasteiger partial charge in [0.15, 0.2) is 5.17 Å². The average molecular weight is 639 g/mol. The predicted molar refractivity (Wildman–Crippen MR) is 154 cm³/mol. The molecule has 0 radical (unpaired) electrons. The maximum absolute atomic E-state index is 12.5. The zero-order valence-electron chi connectivity index (χ0n) is 19.0. The van der Waals surface area contributed by atoms with E-state index < -0.39 is 4.92 Å². The molecule has 0 saturated carbocycles. The number of benzene rings is 4. The van der Waals surface area contributed by atoms with Crippen LogP contribution in [0.3, 0.4) is 0 Å². The molecule has 1 aliphatic rings. The molecule has 37 heavy (non-hydrogen) atoms. The Morgan fingerprint density at radius 2 is 1.81 bits per heavy atom. The summed E-state index contributed by atoms with van der Waals surface area (Å²) in [5.74, 6) is 0.429. The quantitative estimate of drug-likeness (QED) is 0.132. The van der Waals surface area contributed by atoms with Crippen LogP contribution in [0.4, 0.5) is 11.4 Å². The number of nitro benzene ring substituents is 1. The van der Waals surface area contributed by atoms with Crippen LogP contribution in [0.1, 0.15) is 11.1 Å². The number of aliphatic imine (C=N–C) groups is 1. The van der Waals surface area contributed by atoms with Crippen LogP contribution in [0.5, 0.6) is 5.75 Å².